The number of thiocarbonyl (C=S) groups is 1. The second kappa shape index (κ2) is 11.4. The van der Waals surface area contributed by atoms with Crippen molar-refractivity contribution in [1.82, 2.24) is 14.9 Å². The Labute approximate surface area is 260 Å². The number of piperidine rings is 1. The number of nitrogens with one attached hydrogen (secondary N) is 1. The third-order valence-electron chi connectivity index (χ3n) is 9.12. The lowest BCUT2D eigenvalue weighted by molar-refractivity contribution is 0.357. The molecule has 4 heterocycles. The molecule has 218 valence electrons. The molecule has 7 heteroatoms. The lowest BCUT2D eigenvalue weighted by Gasteiger charge is -2.37. The van der Waals surface area contributed by atoms with Crippen LogP contribution in [0.5, 0.6) is 0 Å². The summed E-state index contributed by atoms with van der Waals surface area (Å²) in [6.45, 7) is 15.5. The molecule has 1 N–H and O–H groups in total. The number of benzene rings is 2. The van der Waals surface area contributed by atoms with Gasteiger partial charge in [0.1, 0.15) is 0 Å². The maximum Gasteiger partial charge on any atom is 0.174 e. The van der Waals surface area contributed by atoms with Crippen molar-refractivity contribution in [3.63, 3.8) is 0 Å². The monoisotopic (exact) mass is 597 g/mol. The van der Waals surface area contributed by atoms with Gasteiger partial charge < -0.3 is 19.7 Å². The van der Waals surface area contributed by atoms with Crippen LogP contribution < -0.4 is 15.1 Å². The molecule has 42 heavy (non-hydrogen) atoms. The molecule has 2 aromatic heterocycles. The maximum atomic E-state index is 7.06. The Morgan fingerprint density at radius 3 is 2.36 bits per heavy atom. The molecule has 2 aromatic carbocycles. The van der Waals surface area contributed by atoms with Crippen molar-refractivity contribution in [2.24, 2.45) is 11.8 Å². The Bertz CT molecular complexity index is 1620. The van der Waals surface area contributed by atoms with Gasteiger partial charge in [-0.25, -0.2) is 0 Å². The van der Waals surface area contributed by atoms with E-state index in [1.807, 2.05) is 18.3 Å². The third-order valence-corrected chi connectivity index (χ3v) is 9.74. The average Bonchev–Trinajstić information content (AvgIpc) is 3.45. The van der Waals surface area contributed by atoms with E-state index in [0.717, 1.165) is 35.2 Å². The number of pyridine rings is 1. The van der Waals surface area contributed by atoms with Gasteiger partial charge in [0.05, 0.1) is 28.5 Å². The van der Waals surface area contributed by atoms with Crippen LogP contribution in [0, 0.1) is 39.5 Å². The second-order valence-corrected chi connectivity index (χ2v) is 13.2. The lowest BCUT2D eigenvalue weighted by Crippen LogP contribution is -2.38. The zero-order chi connectivity index (χ0) is 29.7. The van der Waals surface area contributed by atoms with Crippen LogP contribution in [0.15, 0.2) is 66.9 Å². The SMILES string of the molecule is Cc1cccc(-n2c(C)cc([C@@H]3[C@H](c4ccccn4)NC(=S)N3c3ccc(N4C[C@H](C)C[C@H](C)C4)c(Cl)c3)c2C)c1C. The van der Waals surface area contributed by atoms with Crippen LogP contribution in [0.4, 0.5) is 11.4 Å². The highest BCUT2D eigenvalue weighted by Gasteiger charge is 2.42. The Hall–Kier alpha value is -3.35. The standard InChI is InChI=1S/C35H40ClN5S/c1-21-16-22(2)20-39(19-21)32-14-13-27(18-29(32)36)41-34(33(38-35(41)42)30-11-7-8-15-37-30)28-17-24(4)40(26(28)6)31-12-9-10-23(3)25(31)5/h7-15,17-18,21-22,33-34H,16,19-20H2,1-6H3,(H,38,42)/t21-,22+,33-,34+/m0/s1. The van der Waals surface area contributed by atoms with Gasteiger partial charge in [-0.1, -0.05) is 43.6 Å². The molecule has 0 unspecified atom stereocenters. The summed E-state index contributed by atoms with van der Waals surface area (Å²) in [6.07, 6.45) is 3.11. The van der Waals surface area contributed by atoms with E-state index in [9.17, 15) is 0 Å². The molecule has 4 aromatic rings. The first kappa shape index (κ1) is 28.8. The molecule has 0 saturated carbocycles. The van der Waals surface area contributed by atoms with E-state index in [1.54, 1.807) is 0 Å². The number of hydrogen-bond donors (Lipinski definition) is 1. The molecule has 0 aliphatic carbocycles. The minimum absolute atomic E-state index is 0.102. The molecule has 5 nitrogen and oxygen atoms in total. The van der Waals surface area contributed by atoms with Gasteiger partial charge in [-0.2, -0.15) is 0 Å². The zero-order valence-corrected chi connectivity index (χ0v) is 26.9. The van der Waals surface area contributed by atoms with Crippen LogP contribution >= 0.6 is 23.8 Å². The van der Waals surface area contributed by atoms with Gasteiger partial charge in [0.2, 0.25) is 0 Å². The Balaban J connectivity index is 1.45. The first-order chi connectivity index (χ1) is 20.1. The number of halogens is 1. The topological polar surface area (TPSA) is 36.3 Å². The first-order valence-electron chi connectivity index (χ1n) is 14.9. The first-order valence-corrected chi connectivity index (χ1v) is 15.7. The summed E-state index contributed by atoms with van der Waals surface area (Å²) in [5, 5.41) is 5.06. The van der Waals surface area contributed by atoms with Crippen molar-refractivity contribution in [3.05, 3.63) is 106 Å². The van der Waals surface area contributed by atoms with Crippen LogP contribution in [0.1, 0.15) is 66.1 Å². The zero-order valence-electron chi connectivity index (χ0n) is 25.4. The van der Waals surface area contributed by atoms with E-state index >= 15 is 0 Å². The quantitative estimate of drug-likeness (QED) is 0.234. The van der Waals surface area contributed by atoms with E-state index in [2.05, 4.69) is 110 Å². The number of aromatic nitrogens is 2. The highest BCUT2D eigenvalue weighted by atomic mass is 35.5. The predicted octanol–water partition coefficient (Wildman–Crippen LogP) is 8.42. The molecule has 0 radical (unpaired) electrons. The highest BCUT2D eigenvalue weighted by Crippen LogP contribution is 2.45. The van der Waals surface area contributed by atoms with Gasteiger partial charge in [-0.3, -0.25) is 4.98 Å². The molecule has 2 saturated heterocycles. The van der Waals surface area contributed by atoms with Gasteiger partial charge in [-0.15, -0.1) is 0 Å². The molecular weight excluding hydrogens is 558 g/mol. The number of rotatable bonds is 5. The molecular formula is C35H40ClN5S. The summed E-state index contributed by atoms with van der Waals surface area (Å²) in [6, 6.07) is 21.1. The summed E-state index contributed by atoms with van der Waals surface area (Å²) in [4.78, 5) is 9.44. The Morgan fingerprint density at radius 2 is 1.67 bits per heavy atom. The Kier molecular flexibility index (Phi) is 7.79. The summed E-state index contributed by atoms with van der Waals surface area (Å²) >= 11 is 13.1. The number of hydrogen-bond acceptors (Lipinski definition) is 3. The highest BCUT2D eigenvalue weighted by molar-refractivity contribution is 7.80. The molecule has 2 fully saturated rings. The maximum absolute atomic E-state index is 7.06. The smallest absolute Gasteiger partial charge is 0.174 e. The minimum Gasteiger partial charge on any atom is -0.370 e. The van der Waals surface area contributed by atoms with E-state index in [0.29, 0.717) is 16.9 Å². The van der Waals surface area contributed by atoms with E-state index in [-0.39, 0.29) is 12.1 Å². The van der Waals surface area contributed by atoms with Crippen molar-refractivity contribution in [3.8, 4) is 5.69 Å². The van der Waals surface area contributed by atoms with Gasteiger partial charge in [0.25, 0.3) is 0 Å². The lowest BCUT2D eigenvalue weighted by atomic mass is 9.91. The van der Waals surface area contributed by atoms with Crippen molar-refractivity contribution < 1.29 is 0 Å². The summed E-state index contributed by atoms with van der Waals surface area (Å²) < 4.78 is 2.38. The van der Waals surface area contributed by atoms with Crippen molar-refractivity contribution in [1.29, 1.82) is 0 Å². The fourth-order valence-corrected chi connectivity index (χ4v) is 7.79. The summed E-state index contributed by atoms with van der Waals surface area (Å²) in [5.41, 5.74) is 10.4. The van der Waals surface area contributed by atoms with Crippen LogP contribution in [0.2, 0.25) is 5.02 Å². The number of nitrogens with zero attached hydrogens (tertiary/aromatic N) is 4. The van der Waals surface area contributed by atoms with Gasteiger partial charge in [0.15, 0.2) is 5.11 Å². The summed E-state index contributed by atoms with van der Waals surface area (Å²) in [5.74, 6) is 1.30. The second-order valence-electron chi connectivity index (χ2n) is 12.4. The van der Waals surface area contributed by atoms with E-state index in [4.69, 9.17) is 28.8 Å². The van der Waals surface area contributed by atoms with Crippen LogP contribution in [0.3, 0.4) is 0 Å². The van der Waals surface area contributed by atoms with Crippen LogP contribution in [0.25, 0.3) is 5.69 Å². The van der Waals surface area contributed by atoms with Crippen molar-refractivity contribution >= 4 is 40.3 Å². The van der Waals surface area contributed by atoms with E-state index < -0.39 is 0 Å². The van der Waals surface area contributed by atoms with Crippen LogP contribution in [-0.4, -0.2) is 27.8 Å². The van der Waals surface area contributed by atoms with Gasteiger partial charge >= 0.3 is 0 Å². The van der Waals surface area contributed by atoms with Crippen molar-refractivity contribution in [2.75, 3.05) is 22.9 Å². The Morgan fingerprint density at radius 1 is 0.905 bits per heavy atom. The molecule has 0 amide bonds. The molecule has 0 bridgehead atoms. The van der Waals surface area contributed by atoms with Crippen LogP contribution in [-0.2, 0) is 0 Å². The number of anilines is 2. The number of aryl methyl sites for hydroxylation is 2. The molecule has 4 atom stereocenters. The van der Waals surface area contributed by atoms with E-state index in [1.165, 1.54) is 40.2 Å². The largest absolute Gasteiger partial charge is 0.370 e. The third kappa shape index (κ3) is 5.09. The van der Waals surface area contributed by atoms with Gasteiger partial charge in [-0.05, 0) is 117 Å². The molecule has 0 spiro atoms. The summed E-state index contributed by atoms with van der Waals surface area (Å²) in [7, 11) is 0. The average molecular weight is 598 g/mol. The molecule has 2 aliphatic rings. The molecule has 2 aliphatic heterocycles. The molecule has 6 rings (SSSR count). The predicted molar refractivity (Wildman–Crippen MR) is 179 cm³/mol. The fraction of sp³-hybridized carbons (Fsp3) is 0.371. The minimum atomic E-state index is -0.117. The van der Waals surface area contributed by atoms with Gasteiger partial charge in [0, 0.05) is 42.0 Å². The fourth-order valence-electron chi connectivity index (χ4n) is 7.15. The van der Waals surface area contributed by atoms with Crippen molar-refractivity contribution in [2.45, 2.75) is 60.0 Å². The normalized spacial score (nSPS) is 22.5.